The highest BCUT2D eigenvalue weighted by Crippen LogP contribution is 2.18. The van der Waals surface area contributed by atoms with Crippen LogP contribution >= 0.6 is 0 Å². The third-order valence-corrected chi connectivity index (χ3v) is 4.35. The molecule has 0 aliphatic rings. The maximum absolute atomic E-state index is 12.1. The Morgan fingerprint density at radius 2 is 1.89 bits per heavy atom. The van der Waals surface area contributed by atoms with Crippen molar-refractivity contribution in [1.82, 2.24) is 15.5 Å². The van der Waals surface area contributed by atoms with E-state index in [0.717, 1.165) is 29.5 Å². The van der Waals surface area contributed by atoms with Gasteiger partial charge in [0.15, 0.2) is 5.82 Å². The van der Waals surface area contributed by atoms with Gasteiger partial charge in [-0.05, 0) is 29.7 Å². The first-order chi connectivity index (χ1) is 13.2. The van der Waals surface area contributed by atoms with E-state index in [-0.39, 0.29) is 18.4 Å². The maximum Gasteiger partial charge on any atom is 0.257 e. The molecular formula is C21H24N4O2. The number of hydrogen-bond acceptors (Lipinski definition) is 5. The van der Waals surface area contributed by atoms with Crippen LogP contribution in [-0.2, 0) is 17.6 Å². The Bertz CT molecular complexity index is 859. The van der Waals surface area contributed by atoms with Crippen molar-refractivity contribution in [2.24, 2.45) is 5.73 Å². The molecule has 0 saturated heterocycles. The van der Waals surface area contributed by atoms with Crippen molar-refractivity contribution in [2.75, 3.05) is 6.54 Å². The normalized spacial score (nSPS) is 11.9. The Morgan fingerprint density at radius 3 is 2.56 bits per heavy atom. The van der Waals surface area contributed by atoms with Gasteiger partial charge in [-0.25, -0.2) is 0 Å². The molecule has 6 nitrogen and oxygen atoms in total. The summed E-state index contributed by atoms with van der Waals surface area (Å²) in [6, 6.07) is 17.3. The van der Waals surface area contributed by atoms with Gasteiger partial charge in [0.05, 0.1) is 0 Å². The van der Waals surface area contributed by atoms with E-state index in [1.807, 2.05) is 61.5 Å². The number of nitrogens with one attached hydrogen (secondary N) is 1. The molecule has 0 fully saturated rings. The number of aromatic nitrogens is 2. The van der Waals surface area contributed by atoms with Crippen molar-refractivity contribution >= 4 is 5.91 Å². The zero-order chi connectivity index (χ0) is 19.1. The Labute approximate surface area is 158 Å². The van der Waals surface area contributed by atoms with Gasteiger partial charge in [-0.2, -0.15) is 4.98 Å². The molecular weight excluding hydrogens is 340 g/mol. The standard InChI is InChI=1S/C21H24N4O2/c1-2-19-24-21(27-25-19)17-10-8-15(9-11-17)12-13-23-20(26)14-18(22)16-6-4-3-5-7-16/h3-11,18H,2,12-14,22H2,1H3,(H,23,26). The molecule has 1 amide bonds. The van der Waals surface area contributed by atoms with Crippen LogP contribution in [0.15, 0.2) is 59.1 Å². The maximum atomic E-state index is 12.1. The fraction of sp³-hybridized carbons (Fsp3) is 0.286. The van der Waals surface area contributed by atoms with Gasteiger partial charge in [0.25, 0.3) is 5.89 Å². The van der Waals surface area contributed by atoms with Gasteiger partial charge < -0.3 is 15.6 Å². The van der Waals surface area contributed by atoms with E-state index in [4.69, 9.17) is 10.3 Å². The van der Waals surface area contributed by atoms with Gasteiger partial charge in [-0.15, -0.1) is 0 Å². The number of aryl methyl sites for hydroxylation is 1. The summed E-state index contributed by atoms with van der Waals surface area (Å²) in [7, 11) is 0. The van der Waals surface area contributed by atoms with Crippen LogP contribution in [0.4, 0.5) is 0 Å². The van der Waals surface area contributed by atoms with Crippen molar-refractivity contribution < 1.29 is 9.32 Å². The van der Waals surface area contributed by atoms with Crippen LogP contribution in [0.5, 0.6) is 0 Å². The van der Waals surface area contributed by atoms with E-state index in [0.29, 0.717) is 18.3 Å². The number of benzene rings is 2. The van der Waals surface area contributed by atoms with Crippen LogP contribution < -0.4 is 11.1 Å². The summed E-state index contributed by atoms with van der Waals surface area (Å²) >= 11 is 0. The van der Waals surface area contributed by atoms with Crippen molar-refractivity contribution in [3.63, 3.8) is 0 Å². The van der Waals surface area contributed by atoms with E-state index in [2.05, 4.69) is 15.5 Å². The van der Waals surface area contributed by atoms with E-state index in [9.17, 15) is 4.79 Å². The molecule has 1 heterocycles. The quantitative estimate of drug-likeness (QED) is 0.641. The van der Waals surface area contributed by atoms with Crippen LogP contribution in [0, 0.1) is 0 Å². The van der Waals surface area contributed by atoms with Crippen molar-refractivity contribution in [2.45, 2.75) is 32.2 Å². The summed E-state index contributed by atoms with van der Waals surface area (Å²) in [5, 5.41) is 6.83. The van der Waals surface area contributed by atoms with Crippen LogP contribution in [0.1, 0.15) is 36.3 Å². The summed E-state index contributed by atoms with van der Waals surface area (Å²) in [5.41, 5.74) is 9.07. The summed E-state index contributed by atoms with van der Waals surface area (Å²) in [4.78, 5) is 16.4. The van der Waals surface area contributed by atoms with Crippen LogP contribution in [-0.4, -0.2) is 22.6 Å². The van der Waals surface area contributed by atoms with E-state index >= 15 is 0 Å². The third-order valence-electron chi connectivity index (χ3n) is 4.35. The lowest BCUT2D eigenvalue weighted by Gasteiger charge is -2.12. The second kappa shape index (κ2) is 9.09. The molecule has 6 heteroatoms. The fourth-order valence-corrected chi connectivity index (χ4v) is 2.77. The van der Waals surface area contributed by atoms with E-state index in [1.54, 1.807) is 0 Å². The lowest BCUT2D eigenvalue weighted by molar-refractivity contribution is -0.121. The van der Waals surface area contributed by atoms with Gasteiger partial charge >= 0.3 is 0 Å². The minimum Gasteiger partial charge on any atom is -0.356 e. The summed E-state index contributed by atoms with van der Waals surface area (Å²) in [6.45, 7) is 2.55. The SMILES string of the molecule is CCc1noc(-c2ccc(CCNC(=O)CC(N)c3ccccc3)cc2)n1. The largest absolute Gasteiger partial charge is 0.356 e. The monoisotopic (exact) mass is 364 g/mol. The fourth-order valence-electron chi connectivity index (χ4n) is 2.77. The highest BCUT2D eigenvalue weighted by atomic mass is 16.5. The number of hydrogen-bond donors (Lipinski definition) is 2. The average Bonchev–Trinajstić information content (AvgIpc) is 3.18. The van der Waals surface area contributed by atoms with E-state index < -0.39 is 0 Å². The smallest absolute Gasteiger partial charge is 0.257 e. The molecule has 1 atom stereocenters. The number of rotatable bonds is 8. The van der Waals surface area contributed by atoms with E-state index in [1.165, 1.54) is 0 Å². The zero-order valence-corrected chi connectivity index (χ0v) is 15.4. The molecule has 3 N–H and O–H groups in total. The first kappa shape index (κ1) is 18.8. The third kappa shape index (κ3) is 5.24. The van der Waals surface area contributed by atoms with Gasteiger partial charge in [0, 0.05) is 31.0 Å². The molecule has 140 valence electrons. The molecule has 0 radical (unpaired) electrons. The van der Waals surface area contributed by atoms with Gasteiger partial charge in [0.2, 0.25) is 5.91 Å². The molecule has 1 unspecified atom stereocenters. The molecule has 0 bridgehead atoms. The molecule has 0 aliphatic carbocycles. The predicted molar refractivity (Wildman–Crippen MR) is 104 cm³/mol. The predicted octanol–water partition coefficient (Wildman–Crippen LogP) is 3.05. The number of carbonyl (C=O) groups is 1. The van der Waals surface area contributed by atoms with Crippen molar-refractivity contribution in [3.8, 4) is 11.5 Å². The Morgan fingerprint density at radius 1 is 1.15 bits per heavy atom. The highest BCUT2D eigenvalue weighted by molar-refractivity contribution is 5.76. The lowest BCUT2D eigenvalue weighted by atomic mass is 10.0. The molecule has 0 saturated carbocycles. The molecule has 27 heavy (non-hydrogen) atoms. The highest BCUT2D eigenvalue weighted by Gasteiger charge is 2.11. The van der Waals surface area contributed by atoms with Gasteiger partial charge in [-0.1, -0.05) is 54.5 Å². The molecule has 2 aromatic carbocycles. The second-order valence-electron chi connectivity index (χ2n) is 6.39. The molecule has 0 aliphatic heterocycles. The number of carbonyl (C=O) groups excluding carboxylic acids is 1. The van der Waals surface area contributed by atoms with Crippen molar-refractivity contribution in [3.05, 3.63) is 71.5 Å². The molecule has 1 aromatic heterocycles. The molecule has 3 aromatic rings. The minimum absolute atomic E-state index is 0.0408. The molecule has 3 rings (SSSR count). The van der Waals surface area contributed by atoms with Crippen LogP contribution in [0.25, 0.3) is 11.5 Å². The number of nitrogens with zero attached hydrogens (tertiary/aromatic N) is 2. The first-order valence-corrected chi connectivity index (χ1v) is 9.15. The molecule has 0 spiro atoms. The second-order valence-corrected chi connectivity index (χ2v) is 6.39. The zero-order valence-electron chi connectivity index (χ0n) is 15.4. The Kier molecular flexibility index (Phi) is 6.33. The topological polar surface area (TPSA) is 94.0 Å². The summed E-state index contributed by atoms with van der Waals surface area (Å²) in [6.07, 6.45) is 1.77. The van der Waals surface area contributed by atoms with Gasteiger partial charge in [0.1, 0.15) is 0 Å². The lowest BCUT2D eigenvalue weighted by Crippen LogP contribution is -2.29. The summed E-state index contributed by atoms with van der Waals surface area (Å²) in [5.74, 6) is 1.19. The summed E-state index contributed by atoms with van der Waals surface area (Å²) < 4.78 is 5.24. The number of nitrogens with two attached hydrogens (primary N) is 1. The number of amides is 1. The average molecular weight is 364 g/mol. The Hall–Kier alpha value is -2.99. The Balaban J connectivity index is 1.45. The minimum atomic E-state index is -0.284. The first-order valence-electron chi connectivity index (χ1n) is 9.15. The van der Waals surface area contributed by atoms with Crippen LogP contribution in [0.2, 0.25) is 0 Å². The van der Waals surface area contributed by atoms with Crippen LogP contribution in [0.3, 0.4) is 0 Å². The van der Waals surface area contributed by atoms with Gasteiger partial charge in [-0.3, -0.25) is 4.79 Å². The van der Waals surface area contributed by atoms with Crippen molar-refractivity contribution in [1.29, 1.82) is 0 Å².